The molecular formula is C24H25BrN2O3S. The molecule has 3 rings (SSSR count). The van der Waals surface area contributed by atoms with Crippen molar-refractivity contribution >= 4 is 31.9 Å². The first-order valence-electron chi connectivity index (χ1n) is 9.91. The lowest BCUT2D eigenvalue weighted by atomic mass is 10.1. The van der Waals surface area contributed by atoms with Crippen LogP contribution in [0.3, 0.4) is 0 Å². The van der Waals surface area contributed by atoms with Gasteiger partial charge in [0.1, 0.15) is 0 Å². The third-order valence-electron chi connectivity index (χ3n) is 4.93. The second-order valence-corrected chi connectivity index (χ2v) is 10.3. The van der Waals surface area contributed by atoms with Gasteiger partial charge in [0.05, 0.1) is 17.5 Å². The van der Waals surface area contributed by atoms with Crippen LogP contribution in [0.2, 0.25) is 0 Å². The van der Waals surface area contributed by atoms with E-state index in [-0.39, 0.29) is 29.9 Å². The summed E-state index contributed by atoms with van der Waals surface area (Å²) >= 11 is 3.40. The summed E-state index contributed by atoms with van der Waals surface area (Å²) in [5.41, 5.74) is 2.72. The summed E-state index contributed by atoms with van der Waals surface area (Å²) < 4.78 is 28.8. The van der Waals surface area contributed by atoms with Gasteiger partial charge >= 0.3 is 0 Å². The number of halogens is 1. The minimum Gasteiger partial charge on any atom is -0.348 e. The third kappa shape index (κ3) is 6.26. The monoisotopic (exact) mass is 500 g/mol. The molecule has 0 aromatic heterocycles. The Morgan fingerprint density at radius 1 is 0.968 bits per heavy atom. The zero-order chi connectivity index (χ0) is 22.4. The molecule has 31 heavy (non-hydrogen) atoms. The molecule has 0 saturated carbocycles. The fourth-order valence-electron chi connectivity index (χ4n) is 3.15. The quantitative estimate of drug-likeness (QED) is 0.481. The minimum absolute atomic E-state index is 0.108. The van der Waals surface area contributed by atoms with Gasteiger partial charge in [0.2, 0.25) is 15.9 Å². The van der Waals surface area contributed by atoms with E-state index < -0.39 is 10.0 Å². The number of nitrogens with zero attached hydrogens (tertiary/aromatic N) is 1. The summed E-state index contributed by atoms with van der Waals surface area (Å²) in [4.78, 5) is 13.0. The number of amides is 1. The maximum Gasteiger partial charge on any atom is 0.243 e. The number of benzene rings is 3. The van der Waals surface area contributed by atoms with Gasteiger partial charge < -0.3 is 5.32 Å². The minimum atomic E-state index is -3.85. The molecule has 0 aliphatic rings. The first kappa shape index (κ1) is 23.2. The van der Waals surface area contributed by atoms with E-state index in [4.69, 9.17) is 0 Å². The van der Waals surface area contributed by atoms with Crippen molar-refractivity contribution < 1.29 is 13.2 Å². The Hall–Kier alpha value is -2.48. The van der Waals surface area contributed by atoms with Crippen LogP contribution in [0, 0.1) is 6.92 Å². The number of rotatable bonds is 8. The van der Waals surface area contributed by atoms with E-state index in [1.165, 1.54) is 4.31 Å². The number of aryl methyl sites for hydroxylation is 1. The van der Waals surface area contributed by atoms with Crippen molar-refractivity contribution in [2.75, 3.05) is 6.54 Å². The van der Waals surface area contributed by atoms with Crippen LogP contribution in [-0.2, 0) is 21.4 Å². The van der Waals surface area contributed by atoms with Crippen LogP contribution < -0.4 is 5.32 Å². The highest BCUT2D eigenvalue weighted by atomic mass is 79.9. The Bertz CT molecular complexity index is 1120. The third-order valence-corrected chi connectivity index (χ3v) is 7.26. The van der Waals surface area contributed by atoms with E-state index in [0.29, 0.717) is 0 Å². The highest BCUT2D eigenvalue weighted by Gasteiger charge is 2.27. The molecule has 5 nitrogen and oxygen atoms in total. The topological polar surface area (TPSA) is 66.5 Å². The summed E-state index contributed by atoms with van der Waals surface area (Å²) in [6.07, 6.45) is 0. The second-order valence-electron chi connectivity index (χ2n) is 7.41. The Balaban J connectivity index is 1.81. The van der Waals surface area contributed by atoms with Gasteiger partial charge in [-0.2, -0.15) is 4.31 Å². The molecular weight excluding hydrogens is 476 g/mol. The molecule has 0 fully saturated rings. The smallest absolute Gasteiger partial charge is 0.243 e. The normalized spacial score (nSPS) is 12.5. The number of nitrogens with one attached hydrogen (secondary N) is 1. The van der Waals surface area contributed by atoms with Gasteiger partial charge in [0, 0.05) is 11.0 Å². The van der Waals surface area contributed by atoms with Gasteiger partial charge in [0.25, 0.3) is 0 Å². The van der Waals surface area contributed by atoms with Crippen LogP contribution in [0.5, 0.6) is 0 Å². The maximum absolute atomic E-state index is 13.3. The van der Waals surface area contributed by atoms with Crippen molar-refractivity contribution in [2.45, 2.75) is 31.3 Å². The van der Waals surface area contributed by atoms with Gasteiger partial charge in [-0.3, -0.25) is 4.79 Å². The SMILES string of the molecule is Cc1ccc(S(=O)(=O)N(CC(=O)NC(C)c2ccc(Br)cc2)Cc2ccccc2)cc1. The number of carbonyl (C=O) groups is 1. The lowest BCUT2D eigenvalue weighted by Crippen LogP contribution is -2.41. The molecule has 0 bridgehead atoms. The molecule has 0 saturated heterocycles. The van der Waals surface area contributed by atoms with Crippen LogP contribution in [-0.4, -0.2) is 25.2 Å². The molecule has 1 atom stereocenters. The first-order chi connectivity index (χ1) is 14.8. The van der Waals surface area contributed by atoms with E-state index >= 15 is 0 Å². The number of carbonyl (C=O) groups excluding carboxylic acids is 1. The predicted octanol–water partition coefficient (Wildman–Crippen LogP) is 4.83. The van der Waals surface area contributed by atoms with E-state index in [9.17, 15) is 13.2 Å². The summed E-state index contributed by atoms with van der Waals surface area (Å²) in [5, 5.41) is 2.90. The Kier molecular flexibility index (Phi) is 7.64. The molecule has 0 spiro atoms. The fourth-order valence-corrected chi connectivity index (χ4v) is 4.80. The molecule has 1 N–H and O–H groups in total. The van der Waals surface area contributed by atoms with Gasteiger partial charge in [-0.05, 0) is 49.2 Å². The number of hydrogen-bond acceptors (Lipinski definition) is 3. The van der Waals surface area contributed by atoms with Crippen LogP contribution in [0.25, 0.3) is 0 Å². The Labute approximate surface area is 192 Å². The lowest BCUT2D eigenvalue weighted by molar-refractivity contribution is -0.122. The second kappa shape index (κ2) is 10.2. The van der Waals surface area contributed by atoms with Crippen LogP contribution in [0.15, 0.2) is 88.2 Å². The van der Waals surface area contributed by atoms with E-state index in [0.717, 1.165) is 21.2 Å². The number of hydrogen-bond donors (Lipinski definition) is 1. The molecule has 1 amide bonds. The largest absolute Gasteiger partial charge is 0.348 e. The summed E-state index contributed by atoms with van der Waals surface area (Å²) in [5.74, 6) is -0.359. The van der Waals surface area contributed by atoms with Gasteiger partial charge in [0.15, 0.2) is 0 Å². The number of sulfonamides is 1. The predicted molar refractivity (Wildman–Crippen MR) is 126 cm³/mol. The first-order valence-corrected chi connectivity index (χ1v) is 12.1. The Morgan fingerprint density at radius 2 is 1.58 bits per heavy atom. The molecule has 0 aliphatic carbocycles. The summed E-state index contributed by atoms with van der Waals surface area (Å²) in [6, 6.07) is 23.3. The van der Waals surface area contributed by atoms with Crippen molar-refractivity contribution in [3.8, 4) is 0 Å². The molecule has 3 aromatic carbocycles. The average molecular weight is 501 g/mol. The highest BCUT2D eigenvalue weighted by Crippen LogP contribution is 2.20. The van der Waals surface area contributed by atoms with Crippen molar-refractivity contribution in [3.63, 3.8) is 0 Å². The maximum atomic E-state index is 13.3. The fraction of sp³-hybridized carbons (Fsp3) is 0.208. The van der Waals surface area contributed by atoms with Gasteiger partial charge in [-0.15, -0.1) is 0 Å². The van der Waals surface area contributed by atoms with Crippen molar-refractivity contribution in [3.05, 3.63) is 100 Å². The van der Waals surface area contributed by atoms with Crippen LogP contribution in [0.1, 0.15) is 29.7 Å². The zero-order valence-corrected chi connectivity index (χ0v) is 19.9. The molecule has 162 valence electrons. The molecule has 0 aliphatic heterocycles. The lowest BCUT2D eigenvalue weighted by Gasteiger charge is -2.23. The van der Waals surface area contributed by atoms with E-state index in [1.807, 2.05) is 68.4 Å². The molecule has 7 heteroatoms. The van der Waals surface area contributed by atoms with Gasteiger partial charge in [-0.25, -0.2) is 8.42 Å². The van der Waals surface area contributed by atoms with Crippen LogP contribution in [0.4, 0.5) is 0 Å². The molecule has 0 heterocycles. The van der Waals surface area contributed by atoms with E-state index in [1.54, 1.807) is 24.3 Å². The summed E-state index contributed by atoms with van der Waals surface area (Å²) in [6.45, 7) is 3.61. The van der Waals surface area contributed by atoms with Gasteiger partial charge in [-0.1, -0.05) is 76.1 Å². The molecule has 0 radical (unpaired) electrons. The summed E-state index contributed by atoms with van der Waals surface area (Å²) in [7, 11) is -3.85. The highest BCUT2D eigenvalue weighted by molar-refractivity contribution is 9.10. The van der Waals surface area contributed by atoms with Crippen molar-refractivity contribution in [1.82, 2.24) is 9.62 Å². The molecule has 1 unspecified atom stereocenters. The standard InChI is InChI=1S/C24H25BrN2O3S/c1-18-8-14-23(15-9-18)31(29,30)27(16-20-6-4-3-5-7-20)17-24(28)26-19(2)21-10-12-22(25)13-11-21/h3-15,19H,16-17H2,1-2H3,(H,26,28). The molecule has 3 aromatic rings. The Morgan fingerprint density at radius 3 is 2.19 bits per heavy atom. The van der Waals surface area contributed by atoms with E-state index in [2.05, 4.69) is 21.2 Å². The average Bonchev–Trinajstić information content (AvgIpc) is 2.74. The van der Waals surface area contributed by atoms with Crippen molar-refractivity contribution in [2.24, 2.45) is 0 Å². The van der Waals surface area contributed by atoms with Crippen LogP contribution >= 0.6 is 15.9 Å². The van der Waals surface area contributed by atoms with Crippen molar-refractivity contribution in [1.29, 1.82) is 0 Å². The zero-order valence-electron chi connectivity index (χ0n) is 17.5.